The maximum Gasteiger partial charge on any atom is 0.240 e. The van der Waals surface area contributed by atoms with E-state index in [1.807, 2.05) is 19.1 Å². The van der Waals surface area contributed by atoms with Gasteiger partial charge < -0.3 is 13.9 Å². The number of furan rings is 1. The Kier molecular flexibility index (Phi) is 5.98. The molecule has 0 aliphatic carbocycles. The third kappa shape index (κ3) is 4.45. The molecule has 1 aliphatic heterocycles. The molecular weight excluding hydrogens is 356 g/mol. The van der Waals surface area contributed by atoms with Gasteiger partial charge in [0.1, 0.15) is 17.3 Å². The van der Waals surface area contributed by atoms with Gasteiger partial charge in [0, 0.05) is 19.6 Å². The number of methoxy groups -OCH3 is 1. The zero-order valence-electron chi connectivity index (χ0n) is 15.0. The summed E-state index contributed by atoms with van der Waals surface area (Å²) in [5.41, 5.74) is 0. The molecule has 0 spiro atoms. The second-order valence-electron chi connectivity index (χ2n) is 6.14. The van der Waals surface area contributed by atoms with Crippen LogP contribution in [-0.2, 0) is 14.8 Å². The van der Waals surface area contributed by atoms with E-state index in [0.717, 1.165) is 24.6 Å². The van der Waals surface area contributed by atoms with Crippen LogP contribution in [0.1, 0.15) is 17.6 Å². The SMILES string of the molecule is COc1ccc(S(=O)(=O)NCC(c2ccc(C)o2)N2CCOCC2)cc1. The summed E-state index contributed by atoms with van der Waals surface area (Å²) in [6.07, 6.45) is 0. The van der Waals surface area contributed by atoms with Gasteiger partial charge in [-0.2, -0.15) is 0 Å². The Morgan fingerprint density at radius 2 is 1.85 bits per heavy atom. The van der Waals surface area contributed by atoms with Crippen LogP contribution in [0.15, 0.2) is 45.7 Å². The number of ether oxygens (including phenoxy) is 2. The molecule has 142 valence electrons. The highest BCUT2D eigenvalue weighted by Gasteiger charge is 2.27. The van der Waals surface area contributed by atoms with Crippen LogP contribution in [0, 0.1) is 6.92 Å². The molecular formula is C18H24N2O5S. The van der Waals surface area contributed by atoms with Gasteiger partial charge in [0.25, 0.3) is 0 Å². The third-order valence-electron chi connectivity index (χ3n) is 4.41. The summed E-state index contributed by atoms with van der Waals surface area (Å²) in [5, 5.41) is 0. The number of hydrogen-bond donors (Lipinski definition) is 1. The molecule has 1 unspecified atom stereocenters. The maximum absolute atomic E-state index is 12.6. The van der Waals surface area contributed by atoms with Crippen molar-refractivity contribution in [1.82, 2.24) is 9.62 Å². The fourth-order valence-electron chi connectivity index (χ4n) is 2.96. The largest absolute Gasteiger partial charge is 0.497 e. The summed E-state index contributed by atoms with van der Waals surface area (Å²) in [6.45, 7) is 4.81. The van der Waals surface area contributed by atoms with E-state index in [2.05, 4.69) is 9.62 Å². The van der Waals surface area contributed by atoms with Crippen molar-refractivity contribution in [2.75, 3.05) is 40.0 Å². The van der Waals surface area contributed by atoms with Crippen LogP contribution >= 0.6 is 0 Å². The predicted molar refractivity (Wildman–Crippen MR) is 96.8 cm³/mol. The summed E-state index contributed by atoms with van der Waals surface area (Å²) < 4.78 is 44.2. The Hall–Kier alpha value is -1.87. The Balaban J connectivity index is 1.75. The van der Waals surface area contributed by atoms with E-state index < -0.39 is 10.0 Å². The Labute approximate surface area is 153 Å². The molecule has 0 amide bonds. The normalized spacial score (nSPS) is 17.2. The van der Waals surface area contributed by atoms with Crippen molar-refractivity contribution in [2.45, 2.75) is 17.9 Å². The molecule has 7 nitrogen and oxygen atoms in total. The van der Waals surface area contributed by atoms with Gasteiger partial charge in [-0.15, -0.1) is 0 Å². The summed E-state index contributed by atoms with van der Waals surface area (Å²) in [7, 11) is -2.08. The van der Waals surface area contributed by atoms with E-state index in [1.54, 1.807) is 19.2 Å². The highest BCUT2D eigenvalue weighted by molar-refractivity contribution is 7.89. The number of morpholine rings is 1. The van der Waals surface area contributed by atoms with Crippen LogP contribution in [0.2, 0.25) is 0 Å². The van der Waals surface area contributed by atoms with Crippen molar-refractivity contribution in [3.05, 3.63) is 47.9 Å². The van der Waals surface area contributed by atoms with E-state index in [4.69, 9.17) is 13.9 Å². The van der Waals surface area contributed by atoms with Crippen LogP contribution in [0.3, 0.4) is 0 Å². The standard InChI is InChI=1S/C18H24N2O5S/c1-14-3-8-18(25-14)17(20-9-11-24-12-10-20)13-19-26(21,22)16-6-4-15(23-2)5-7-16/h3-8,17,19H,9-13H2,1-2H3. The van der Waals surface area contributed by atoms with Gasteiger partial charge in [0.15, 0.2) is 0 Å². The zero-order chi connectivity index (χ0) is 18.6. The van der Waals surface area contributed by atoms with Gasteiger partial charge in [-0.3, -0.25) is 4.90 Å². The molecule has 2 aromatic rings. The van der Waals surface area contributed by atoms with Gasteiger partial charge in [-0.1, -0.05) is 0 Å². The number of nitrogens with zero attached hydrogens (tertiary/aromatic N) is 1. The Morgan fingerprint density at radius 1 is 1.15 bits per heavy atom. The fraction of sp³-hybridized carbons (Fsp3) is 0.444. The van der Waals surface area contributed by atoms with E-state index in [1.165, 1.54) is 12.1 Å². The zero-order valence-corrected chi connectivity index (χ0v) is 15.8. The molecule has 0 radical (unpaired) electrons. The third-order valence-corrected chi connectivity index (χ3v) is 5.85. The average Bonchev–Trinajstić information content (AvgIpc) is 3.09. The van der Waals surface area contributed by atoms with Gasteiger partial charge in [0.05, 0.1) is 31.3 Å². The second-order valence-corrected chi connectivity index (χ2v) is 7.91. The van der Waals surface area contributed by atoms with Crippen molar-refractivity contribution in [3.8, 4) is 5.75 Å². The van der Waals surface area contributed by atoms with Crippen molar-refractivity contribution < 1.29 is 22.3 Å². The molecule has 1 saturated heterocycles. The van der Waals surface area contributed by atoms with Gasteiger partial charge in [-0.25, -0.2) is 13.1 Å². The first-order valence-corrected chi connectivity index (χ1v) is 10.00. The second kappa shape index (κ2) is 8.22. The smallest absolute Gasteiger partial charge is 0.240 e. The minimum atomic E-state index is -3.63. The molecule has 0 bridgehead atoms. The lowest BCUT2D eigenvalue weighted by atomic mass is 10.2. The van der Waals surface area contributed by atoms with E-state index >= 15 is 0 Å². The van der Waals surface area contributed by atoms with Crippen LogP contribution < -0.4 is 9.46 Å². The van der Waals surface area contributed by atoms with Gasteiger partial charge in [-0.05, 0) is 43.3 Å². The molecule has 26 heavy (non-hydrogen) atoms. The van der Waals surface area contributed by atoms with Crippen molar-refractivity contribution in [3.63, 3.8) is 0 Å². The van der Waals surface area contributed by atoms with Crippen molar-refractivity contribution in [2.24, 2.45) is 0 Å². The lowest BCUT2D eigenvalue weighted by Gasteiger charge is -2.33. The molecule has 0 saturated carbocycles. The summed E-state index contributed by atoms with van der Waals surface area (Å²) in [6, 6.07) is 9.93. The van der Waals surface area contributed by atoms with Gasteiger partial charge in [0.2, 0.25) is 10.0 Å². The minimum absolute atomic E-state index is 0.180. The Morgan fingerprint density at radius 3 is 2.42 bits per heavy atom. The van der Waals surface area contributed by atoms with E-state index in [-0.39, 0.29) is 17.5 Å². The summed E-state index contributed by atoms with van der Waals surface area (Å²) in [4.78, 5) is 2.38. The van der Waals surface area contributed by atoms with E-state index in [0.29, 0.717) is 19.0 Å². The van der Waals surface area contributed by atoms with Crippen LogP contribution in [0.4, 0.5) is 0 Å². The van der Waals surface area contributed by atoms with Crippen molar-refractivity contribution >= 4 is 10.0 Å². The highest BCUT2D eigenvalue weighted by Crippen LogP contribution is 2.24. The molecule has 1 atom stereocenters. The number of sulfonamides is 1. The number of aryl methyl sites for hydroxylation is 1. The average molecular weight is 380 g/mol. The molecule has 8 heteroatoms. The highest BCUT2D eigenvalue weighted by atomic mass is 32.2. The molecule has 1 fully saturated rings. The van der Waals surface area contributed by atoms with Crippen LogP contribution in [0.5, 0.6) is 5.75 Å². The predicted octanol–water partition coefficient (Wildman–Crippen LogP) is 1.95. The molecule has 3 rings (SSSR count). The first-order valence-electron chi connectivity index (χ1n) is 8.51. The quantitative estimate of drug-likeness (QED) is 0.791. The molecule has 1 aromatic carbocycles. The summed E-state index contributed by atoms with van der Waals surface area (Å²) >= 11 is 0. The molecule has 1 N–H and O–H groups in total. The number of rotatable bonds is 7. The molecule has 1 aliphatic rings. The topological polar surface area (TPSA) is 81.0 Å². The van der Waals surface area contributed by atoms with Crippen LogP contribution in [0.25, 0.3) is 0 Å². The molecule has 2 heterocycles. The van der Waals surface area contributed by atoms with E-state index in [9.17, 15) is 8.42 Å². The number of nitrogens with one attached hydrogen (secondary N) is 1. The van der Waals surface area contributed by atoms with Crippen molar-refractivity contribution in [1.29, 1.82) is 0 Å². The lowest BCUT2D eigenvalue weighted by Crippen LogP contribution is -2.43. The first kappa shape index (κ1) is 18.9. The molecule has 1 aromatic heterocycles. The maximum atomic E-state index is 12.6. The monoisotopic (exact) mass is 380 g/mol. The minimum Gasteiger partial charge on any atom is -0.497 e. The number of benzene rings is 1. The first-order chi connectivity index (χ1) is 12.5. The Bertz CT molecular complexity index is 810. The lowest BCUT2D eigenvalue weighted by molar-refractivity contribution is 0.0127. The number of hydrogen-bond acceptors (Lipinski definition) is 6. The van der Waals surface area contributed by atoms with Gasteiger partial charge >= 0.3 is 0 Å². The van der Waals surface area contributed by atoms with Crippen LogP contribution in [-0.4, -0.2) is 53.3 Å². The summed E-state index contributed by atoms with van der Waals surface area (Å²) in [5.74, 6) is 2.17. The fourth-order valence-corrected chi connectivity index (χ4v) is 4.00.